The summed E-state index contributed by atoms with van der Waals surface area (Å²) in [5, 5.41) is 3.23. The number of nitrogens with zero attached hydrogens (tertiary/aromatic N) is 1. The Labute approximate surface area is 140 Å². The van der Waals surface area contributed by atoms with Crippen LogP contribution in [0.2, 0.25) is 0 Å². The topological polar surface area (TPSA) is 49.4 Å². The van der Waals surface area contributed by atoms with Crippen molar-refractivity contribution in [3.63, 3.8) is 0 Å². The molecule has 1 fully saturated rings. The molecule has 0 aromatic carbocycles. The maximum absolute atomic E-state index is 12.8. The van der Waals surface area contributed by atoms with E-state index in [-0.39, 0.29) is 0 Å². The van der Waals surface area contributed by atoms with E-state index in [1.165, 1.54) is 11.3 Å². The Balaban J connectivity index is 2.14. The fourth-order valence-corrected chi connectivity index (χ4v) is 6.68. The summed E-state index contributed by atoms with van der Waals surface area (Å²) in [6, 6.07) is 1.80. The zero-order valence-electron chi connectivity index (χ0n) is 12.6. The molecule has 2 rings (SSSR count). The molecule has 2 heterocycles. The number of sulfonamides is 1. The van der Waals surface area contributed by atoms with Crippen LogP contribution in [0.15, 0.2) is 14.7 Å². The molecule has 4 nitrogen and oxygen atoms in total. The third-order valence-electron chi connectivity index (χ3n) is 4.02. The lowest BCUT2D eigenvalue weighted by Crippen LogP contribution is -2.38. The van der Waals surface area contributed by atoms with Crippen molar-refractivity contribution in [1.82, 2.24) is 9.62 Å². The highest BCUT2D eigenvalue weighted by atomic mass is 79.9. The lowest BCUT2D eigenvalue weighted by Gasteiger charge is -2.30. The highest BCUT2D eigenvalue weighted by molar-refractivity contribution is 9.11. The van der Waals surface area contributed by atoms with Crippen molar-refractivity contribution in [2.24, 2.45) is 5.92 Å². The van der Waals surface area contributed by atoms with E-state index in [2.05, 4.69) is 28.2 Å². The Morgan fingerprint density at radius 3 is 2.62 bits per heavy atom. The van der Waals surface area contributed by atoms with E-state index in [4.69, 9.17) is 0 Å². The molecule has 1 aromatic heterocycles. The van der Waals surface area contributed by atoms with Gasteiger partial charge in [-0.25, -0.2) is 8.42 Å². The van der Waals surface area contributed by atoms with Gasteiger partial charge in [0.25, 0.3) is 0 Å². The highest BCUT2D eigenvalue weighted by Gasteiger charge is 2.31. The smallest absolute Gasteiger partial charge is 0.245 e. The summed E-state index contributed by atoms with van der Waals surface area (Å²) in [5.41, 5.74) is 0. The minimum atomic E-state index is -3.36. The van der Waals surface area contributed by atoms with Gasteiger partial charge < -0.3 is 5.32 Å². The molecule has 0 unspecified atom stereocenters. The summed E-state index contributed by atoms with van der Waals surface area (Å²) in [5.74, 6) is 0.673. The molecule has 1 aliphatic heterocycles. The van der Waals surface area contributed by atoms with E-state index >= 15 is 0 Å². The van der Waals surface area contributed by atoms with Crippen LogP contribution in [-0.2, 0) is 16.6 Å². The Hall–Kier alpha value is 0.0500. The van der Waals surface area contributed by atoms with E-state index in [9.17, 15) is 8.42 Å². The predicted octanol–water partition coefficient (Wildman–Crippen LogP) is 3.43. The molecule has 0 amide bonds. The van der Waals surface area contributed by atoms with Gasteiger partial charge in [0.2, 0.25) is 10.0 Å². The summed E-state index contributed by atoms with van der Waals surface area (Å²) >= 11 is 4.92. The number of hydrogen-bond donors (Lipinski definition) is 1. The Kier molecular flexibility index (Phi) is 6.25. The van der Waals surface area contributed by atoms with Gasteiger partial charge in [-0.05, 0) is 47.3 Å². The van der Waals surface area contributed by atoms with Gasteiger partial charge in [-0.2, -0.15) is 4.31 Å². The molecule has 120 valence electrons. The van der Waals surface area contributed by atoms with Crippen LogP contribution in [0.3, 0.4) is 0 Å². The minimum Gasteiger partial charge on any atom is -0.312 e. The molecule has 1 aliphatic rings. The number of thiophene rings is 1. The first-order chi connectivity index (χ1) is 9.98. The molecule has 0 spiro atoms. The van der Waals surface area contributed by atoms with E-state index in [0.717, 1.165) is 30.7 Å². The van der Waals surface area contributed by atoms with Crippen LogP contribution in [0, 0.1) is 5.92 Å². The summed E-state index contributed by atoms with van der Waals surface area (Å²) in [6.07, 6.45) is 3.09. The molecule has 21 heavy (non-hydrogen) atoms. The van der Waals surface area contributed by atoms with Gasteiger partial charge in [-0.15, -0.1) is 11.3 Å². The second-order valence-corrected chi connectivity index (χ2v) is 9.75. The van der Waals surface area contributed by atoms with Gasteiger partial charge >= 0.3 is 0 Å². The van der Waals surface area contributed by atoms with Gasteiger partial charge in [0, 0.05) is 24.5 Å². The van der Waals surface area contributed by atoms with Crippen molar-refractivity contribution >= 4 is 37.3 Å². The van der Waals surface area contributed by atoms with Gasteiger partial charge in [-0.3, -0.25) is 0 Å². The largest absolute Gasteiger partial charge is 0.312 e. The fourth-order valence-electron chi connectivity index (χ4n) is 2.61. The predicted molar refractivity (Wildman–Crippen MR) is 91.2 cm³/mol. The zero-order chi connectivity index (χ0) is 15.5. The average molecular weight is 395 g/mol. The van der Waals surface area contributed by atoms with E-state index in [1.54, 1.807) is 10.4 Å². The van der Waals surface area contributed by atoms with E-state index in [0.29, 0.717) is 34.2 Å². The molecule has 0 saturated carbocycles. The van der Waals surface area contributed by atoms with Crippen LogP contribution in [-0.4, -0.2) is 32.4 Å². The van der Waals surface area contributed by atoms with Crippen LogP contribution < -0.4 is 5.32 Å². The van der Waals surface area contributed by atoms with Crippen molar-refractivity contribution in [2.75, 3.05) is 19.6 Å². The maximum atomic E-state index is 12.8. The monoisotopic (exact) mass is 394 g/mol. The Morgan fingerprint density at radius 2 is 2.05 bits per heavy atom. The quantitative estimate of drug-likeness (QED) is 0.803. The molecular weight excluding hydrogens is 372 g/mol. The van der Waals surface area contributed by atoms with Crippen molar-refractivity contribution in [2.45, 2.75) is 44.6 Å². The van der Waals surface area contributed by atoms with Crippen molar-refractivity contribution in [1.29, 1.82) is 0 Å². The van der Waals surface area contributed by atoms with Crippen LogP contribution in [0.1, 0.15) is 38.0 Å². The first-order valence-corrected chi connectivity index (χ1v) is 10.5. The molecule has 0 radical (unpaired) electrons. The lowest BCUT2D eigenvalue weighted by atomic mass is 9.96. The average Bonchev–Trinajstić information content (AvgIpc) is 2.87. The third kappa shape index (κ3) is 4.07. The minimum absolute atomic E-state index is 0.426. The van der Waals surface area contributed by atoms with Crippen LogP contribution in [0.25, 0.3) is 0 Å². The number of piperidine rings is 1. The molecule has 0 bridgehead atoms. The second-order valence-electron chi connectivity index (χ2n) is 5.39. The normalized spacial score (nSPS) is 18.2. The Morgan fingerprint density at radius 1 is 1.38 bits per heavy atom. The number of nitrogens with one attached hydrogen (secondary N) is 1. The van der Waals surface area contributed by atoms with Gasteiger partial charge in [0.15, 0.2) is 0 Å². The van der Waals surface area contributed by atoms with Gasteiger partial charge in [0.05, 0.1) is 3.79 Å². The van der Waals surface area contributed by atoms with Crippen LogP contribution >= 0.6 is 27.3 Å². The standard InChI is InChI=1S/C14H23BrN2O2S2/c1-3-11-5-7-17(8-6-11)21(18,19)13-9-12(10-16-4-2)20-14(13)15/h9,11,16H,3-8,10H2,1-2H3. The highest BCUT2D eigenvalue weighted by Crippen LogP contribution is 2.35. The SMILES string of the molecule is CCNCc1cc(S(=O)(=O)N2CCC(CC)CC2)c(Br)s1. The Bertz CT molecular complexity index is 564. The zero-order valence-corrected chi connectivity index (χ0v) is 15.8. The molecule has 1 saturated heterocycles. The summed E-state index contributed by atoms with van der Waals surface area (Å²) in [6.45, 7) is 7.10. The second kappa shape index (κ2) is 7.55. The first-order valence-electron chi connectivity index (χ1n) is 7.48. The number of halogens is 1. The molecule has 0 atom stereocenters. The summed E-state index contributed by atoms with van der Waals surface area (Å²) < 4.78 is 27.9. The first kappa shape index (κ1) is 17.4. The summed E-state index contributed by atoms with van der Waals surface area (Å²) in [7, 11) is -3.36. The van der Waals surface area contributed by atoms with E-state index < -0.39 is 10.0 Å². The van der Waals surface area contributed by atoms with E-state index in [1.807, 2.05) is 6.92 Å². The van der Waals surface area contributed by atoms with Crippen LogP contribution in [0.5, 0.6) is 0 Å². The van der Waals surface area contributed by atoms with Crippen molar-refractivity contribution in [3.8, 4) is 0 Å². The van der Waals surface area contributed by atoms with Crippen molar-refractivity contribution < 1.29 is 8.42 Å². The molecule has 0 aliphatic carbocycles. The number of hydrogen-bond acceptors (Lipinski definition) is 4. The maximum Gasteiger partial charge on any atom is 0.245 e. The van der Waals surface area contributed by atoms with Crippen molar-refractivity contribution in [3.05, 3.63) is 14.7 Å². The molecule has 1 N–H and O–H groups in total. The lowest BCUT2D eigenvalue weighted by molar-refractivity contribution is 0.269. The van der Waals surface area contributed by atoms with Gasteiger partial charge in [-0.1, -0.05) is 20.3 Å². The molecule has 1 aromatic rings. The van der Waals surface area contributed by atoms with Crippen LogP contribution in [0.4, 0.5) is 0 Å². The summed E-state index contributed by atoms with van der Waals surface area (Å²) in [4.78, 5) is 1.47. The fraction of sp³-hybridized carbons (Fsp3) is 0.714. The molecular formula is C14H23BrN2O2S2. The third-order valence-corrected chi connectivity index (χ3v) is 8.18. The molecule has 7 heteroatoms. The van der Waals surface area contributed by atoms with Gasteiger partial charge in [0.1, 0.15) is 4.90 Å². The number of rotatable bonds is 6.